The summed E-state index contributed by atoms with van der Waals surface area (Å²) in [6.07, 6.45) is 7.00. The van der Waals surface area contributed by atoms with Gasteiger partial charge in [0.05, 0.1) is 4.83 Å². The first-order valence-electron chi connectivity index (χ1n) is 7.75. The summed E-state index contributed by atoms with van der Waals surface area (Å²) in [4.78, 5) is -0.348. The van der Waals surface area contributed by atoms with E-state index >= 15 is 0 Å². The third kappa shape index (κ3) is 2.16. The lowest BCUT2D eigenvalue weighted by atomic mass is 9.48. The van der Waals surface area contributed by atoms with Crippen molar-refractivity contribution in [2.24, 2.45) is 23.2 Å². The number of alkyl halides is 1. The largest absolute Gasteiger partial charge is 0.207 e. The first kappa shape index (κ1) is 14.1. The third-order valence-corrected chi connectivity index (χ3v) is 7.35. The summed E-state index contributed by atoms with van der Waals surface area (Å²) in [5.41, 5.74) is -0.0211. The minimum absolute atomic E-state index is 0.0263. The summed E-state index contributed by atoms with van der Waals surface area (Å²) in [5, 5.41) is 0. The highest BCUT2D eigenvalue weighted by molar-refractivity contribution is 9.09. The SMILES string of the molecule is Fc1cc(F)c(C(Br)C23CC4CC(CC(C4)C2)C3)c(F)c1. The van der Waals surface area contributed by atoms with Crippen LogP contribution in [-0.4, -0.2) is 0 Å². The van der Waals surface area contributed by atoms with Gasteiger partial charge in [0, 0.05) is 17.7 Å². The lowest BCUT2D eigenvalue weighted by Gasteiger charge is -2.58. The molecule has 4 saturated carbocycles. The highest BCUT2D eigenvalue weighted by Crippen LogP contribution is 2.66. The number of halogens is 4. The van der Waals surface area contributed by atoms with Gasteiger partial charge in [0.15, 0.2) is 0 Å². The Kier molecular flexibility index (Phi) is 3.18. The highest BCUT2D eigenvalue weighted by Gasteiger charge is 2.54. The highest BCUT2D eigenvalue weighted by atomic mass is 79.9. The zero-order valence-electron chi connectivity index (χ0n) is 11.7. The zero-order valence-corrected chi connectivity index (χ0v) is 13.3. The molecule has 1 aromatic rings. The van der Waals surface area contributed by atoms with E-state index in [2.05, 4.69) is 15.9 Å². The van der Waals surface area contributed by atoms with Gasteiger partial charge in [-0.15, -0.1) is 0 Å². The molecule has 1 unspecified atom stereocenters. The number of hydrogen-bond donors (Lipinski definition) is 0. The molecular formula is C17H18BrF3. The fraction of sp³-hybridized carbons (Fsp3) is 0.647. The van der Waals surface area contributed by atoms with E-state index in [-0.39, 0.29) is 15.8 Å². The first-order chi connectivity index (χ1) is 9.97. The summed E-state index contributed by atoms with van der Waals surface area (Å²) in [5.74, 6) is -0.234. The minimum atomic E-state index is -0.848. The molecule has 0 amide bonds. The minimum Gasteiger partial charge on any atom is -0.207 e. The van der Waals surface area contributed by atoms with Crippen molar-refractivity contribution in [3.63, 3.8) is 0 Å². The van der Waals surface area contributed by atoms with Crippen molar-refractivity contribution in [1.82, 2.24) is 0 Å². The maximum absolute atomic E-state index is 14.1. The van der Waals surface area contributed by atoms with Crippen LogP contribution in [0.3, 0.4) is 0 Å². The number of rotatable bonds is 2. The molecule has 0 N–H and O–H groups in total. The van der Waals surface area contributed by atoms with Gasteiger partial charge in [-0.25, -0.2) is 13.2 Å². The molecule has 21 heavy (non-hydrogen) atoms. The van der Waals surface area contributed by atoms with Crippen molar-refractivity contribution >= 4 is 15.9 Å². The summed E-state index contributed by atoms with van der Waals surface area (Å²) in [7, 11) is 0. The van der Waals surface area contributed by atoms with Crippen molar-refractivity contribution in [2.45, 2.75) is 43.4 Å². The molecule has 0 spiro atoms. The Hall–Kier alpha value is -0.510. The molecular weight excluding hydrogens is 341 g/mol. The van der Waals surface area contributed by atoms with Gasteiger partial charge in [0.1, 0.15) is 17.5 Å². The van der Waals surface area contributed by atoms with Crippen LogP contribution in [0.2, 0.25) is 0 Å². The fourth-order valence-corrected chi connectivity index (χ4v) is 6.59. The standard InChI is InChI=1S/C17H18BrF3/c18-16(15-13(20)4-12(19)5-14(15)21)17-6-9-1-10(7-17)3-11(2-9)8-17/h4-5,9-11,16H,1-3,6-8H2. The zero-order chi connectivity index (χ0) is 14.8. The molecule has 4 aliphatic carbocycles. The Balaban J connectivity index is 1.73. The van der Waals surface area contributed by atoms with Crippen LogP contribution >= 0.6 is 15.9 Å². The Morgan fingerprint density at radius 2 is 1.33 bits per heavy atom. The van der Waals surface area contributed by atoms with Gasteiger partial charge >= 0.3 is 0 Å². The molecule has 4 fully saturated rings. The average molecular weight is 359 g/mol. The van der Waals surface area contributed by atoms with Gasteiger partial charge < -0.3 is 0 Å². The molecule has 0 saturated heterocycles. The second-order valence-corrected chi connectivity index (χ2v) is 8.34. The fourth-order valence-electron chi connectivity index (χ4n) is 5.59. The quantitative estimate of drug-likeness (QED) is 0.590. The van der Waals surface area contributed by atoms with E-state index in [4.69, 9.17) is 0 Å². The maximum Gasteiger partial charge on any atom is 0.133 e. The summed E-state index contributed by atoms with van der Waals surface area (Å²) in [6.45, 7) is 0. The Morgan fingerprint density at radius 3 is 1.76 bits per heavy atom. The van der Waals surface area contributed by atoms with E-state index in [1.165, 1.54) is 19.3 Å². The number of hydrogen-bond acceptors (Lipinski definition) is 0. The predicted molar refractivity (Wildman–Crippen MR) is 78.6 cm³/mol. The molecule has 0 aromatic heterocycles. The summed E-state index contributed by atoms with van der Waals surface area (Å²) in [6, 6.07) is 1.60. The predicted octanol–water partition coefficient (Wildman–Crippen LogP) is 5.76. The molecule has 1 atom stereocenters. The van der Waals surface area contributed by atoms with Crippen molar-refractivity contribution in [1.29, 1.82) is 0 Å². The second-order valence-electron chi connectivity index (χ2n) is 7.43. The molecule has 0 heterocycles. The van der Waals surface area contributed by atoms with E-state index < -0.39 is 17.5 Å². The van der Waals surface area contributed by atoms with Crippen molar-refractivity contribution in [2.75, 3.05) is 0 Å². The molecule has 4 bridgehead atoms. The van der Waals surface area contributed by atoms with Crippen LogP contribution in [0, 0.1) is 40.6 Å². The van der Waals surface area contributed by atoms with Gasteiger partial charge in [0.25, 0.3) is 0 Å². The molecule has 0 radical (unpaired) electrons. The molecule has 0 nitrogen and oxygen atoms in total. The van der Waals surface area contributed by atoms with E-state index in [0.29, 0.717) is 17.8 Å². The Labute approximate surface area is 131 Å². The van der Waals surface area contributed by atoms with E-state index in [1.807, 2.05) is 0 Å². The van der Waals surface area contributed by atoms with Crippen LogP contribution in [-0.2, 0) is 0 Å². The van der Waals surface area contributed by atoms with Gasteiger partial charge in [0.2, 0.25) is 0 Å². The van der Waals surface area contributed by atoms with Crippen LogP contribution in [0.15, 0.2) is 12.1 Å². The topological polar surface area (TPSA) is 0 Å². The third-order valence-electron chi connectivity index (χ3n) is 5.92. The van der Waals surface area contributed by atoms with Crippen molar-refractivity contribution in [3.05, 3.63) is 35.1 Å². The van der Waals surface area contributed by atoms with E-state index in [9.17, 15) is 13.2 Å². The molecule has 4 aliphatic rings. The monoisotopic (exact) mass is 358 g/mol. The Bertz CT molecular complexity index is 525. The lowest BCUT2D eigenvalue weighted by Crippen LogP contribution is -2.48. The Morgan fingerprint density at radius 1 is 0.905 bits per heavy atom. The van der Waals surface area contributed by atoms with Crippen LogP contribution < -0.4 is 0 Å². The smallest absolute Gasteiger partial charge is 0.133 e. The van der Waals surface area contributed by atoms with Crippen molar-refractivity contribution < 1.29 is 13.2 Å². The average Bonchev–Trinajstić information content (AvgIpc) is 2.35. The molecule has 1 aromatic carbocycles. The van der Waals surface area contributed by atoms with Gasteiger partial charge in [-0.3, -0.25) is 0 Å². The van der Waals surface area contributed by atoms with Gasteiger partial charge in [-0.05, 0) is 61.7 Å². The summed E-state index contributed by atoms with van der Waals surface area (Å²) < 4.78 is 41.4. The molecule has 4 heteroatoms. The van der Waals surface area contributed by atoms with Crippen molar-refractivity contribution in [3.8, 4) is 0 Å². The molecule has 0 aliphatic heterocycles. The van der Waals surface area contributed by atoms with Crippen LogP contribution in [0.25, 0.3) is 0 Å². The molecule has 114 valence electrons. The lowest BCUT2D eigenvalue weighted by molar-refractivity contribution is -0.0536. The maximum atomic E-state index is 14.1. The first-order valence-corrected chi connectivity index (χ1v) is 8.67. The van der Waals surface area contributed by atoms with Gasteiger partial charge in [-0.2, -0.15) is 0 Å². The van der Waals surface area contributed by atoms with Gasteiger partial charge in [-0.1, -0.05) is 15.9 Å². The van der Waals surface area contributed by atoms with Crippen LogP contribution in [0.1, 0.15) is 48.9 Å². The summed E-state index contributed by atoms with van der Waals surface area (Å²) >= 11 is 3.60. The molecule has 5 rings (SSSR count). The number of benzene rings is 1. The van der Waals surface area contributed by atoms with Crippen LogP contribution in [0.4, 0.5) is 13.2 Å². The van der Waals surface area contributed by atoms with Crippen LogP contribution in [0.5, 0.6) is 0 Å². The normalized spacial score (nSPS) is 38.8. The second kappa shape index (κ2) is 4.74. The van der Waals surface area contributed by atoms with E-state index in [1.54, 1.807) is 0 Å². The van der Waals surface area contributed by atoms with E-state index in [0.717, 1.165) is 31.4 Å².